The third-order valence-electron chi connectivity index (χ3n) is 6.56. The summed E-state index contributed by atoms with van der Waals surface area (Å²) in [5.41, 5.74) is 2.20. The van der Waals surface area contributed by atoms with Gasteiger partial charge in [-0.15, -0.1) is 5.10 Å². The maximum atomic E-state index is 12.8. The fraction of sp³-hybridized carbons (Fsp3) is 0.571. The third-order valence-corrected chi connectivity index (χ3v) is 6.56. The minimum atomic E-state index is -0.587. The van der Waals surface area contributed by atoms with Crippen molar-refractivity contribution in [2.75, 3.05) is 0 Å². The lowest BCUT2D eigenvalue weighted by Crippen LogP contribution is -2.50. The summed E-state index contributed by atoms with van der Waals surface area (Å²) in [6, 6.07) is 0.238. The highest BCUT2D eigenvalue weighted by molar-refractivity contribution is 6.02. The summed E-state index contributed by atoms with van der Waals surface area (Å²) in [6.45, 7) is 17.7. The quantitative estimate of drug-likeness (QED) is 0.750. The molecule has 146 valence electrons. The van der Waals surface area contributed by atoms with Crippen LogP contribution in [0.25, 0.3) is 16.4 Å². The number of allylic oxidation sites excluding steroid dienone is 2. The first-order valence-electron chi connectivity index (χ1n) is 9.74. The van der Waals surface area contributed by atoms with Crippen LogP contribution in [0.4, 0.5) is 0 Å². The molecule has 2 heterocycles. The van der Waals surface area contributed by atoms with E-state index in [4.69, 9.17) is 11.7 Å². The average Bonchev–Trinajstić information content (AvgIpc) is 3.23. The molecule has 0 aromatic carbocycles. The number of fused-ring (bicyclic) bond motifs is 3. The maximum Gasteiger partial charge on any atom is 0.226 e. The van der Waals surface area contributed by atoms with Gasteiger partial charge in [-0.2, -0.15) is 5.10 Å². The zero-order chi connectivity index (χ0) is 20.4. The van der Waals surface area contributed by atoms with Crippen LogP contribution in [0.2, 0.25) is 0 Å². The van der Waals surface area contributed by atoms with E-state index < -0.39 is 10.8 Å². The molecule has 0 radical (unpaired) electrons. The van der Waals surface area contributed by atoms with Crippen LogP contribution in [0.5, 0.6) is 0 Å². The molecule has 2 aliphatic rings. The molecule has 0 fully saturated rings. The van der Waals surface area contributed by atoms with E-state index in [0.29, 0.717) is 5.82 Å². The van der Waals surface area contributed by atoms with Crippen LogP contribution >= 0.6 is 0 Å². The highest BCUT2D eigenvalue weighted by Gasteiger charge is 2.55. The molecule has 2 aromatic heterocycles. The molecular formula is C21H26N6O. The molecule has 7 heteroatoms. The predicted molar refractivity (Wildman–Crippen MR) is 105 cm³/mol. The SMILES string of the molecule is [C-]#[N+]C1=C[C@]2(C)c3nn(C)c(-c4ncn(C(C)C)n4)c3CC[C@H]2C(C)(C)C1=O. The van der Waals surface area contributed by atoms with E-state index in [9.17, 15) is 4.79 Å². The summed E-state index contributed by atoms with van der Waals surface area (Å²) in [5.74, 6) is 0.726. The van der Waals surface area contributed by atoms with Crippen LogP contribution in [-0.4, -0.2) is 30.3 Å². The molecule has 2 aromatic rings. The van der Waals surface area contributed by atoms with E-state index in [1.165, 1.54) is 0 Å². The van der Waals surface area contributed by atoms with E-state index in [1.807, 2.05) is 36.3 Å². The highest BCUT2D eigenvalue weighted by Crippen LogP contribution is 2.55. The van der Waals surface area contributed by atoms with E-state index in [1.54, 1.807) is 6.33 Å². The molecule has 0 saturated heterocycles. The van der Waals surface area contributed by atoms with E-state index in [-0.39, 0.29) is 23.4 Å². The summed E-state index contributed by atoms with van der Waals surface area (Å²) in [4.78, 5) is 20.9. The minimum Gasteiger partial charge on any atom is -0.307 e. The summed E-state index contributed by atoms with van der Waals surface area (Å²) in [6.07, 6.45) is 5.31. The van der Waals surface area contributed by atoms with Crippen molar-refractivity contribution in [3.8, 4) is 11.5 Å². The largest absolute Gasteiger partial charge is 0.307 e. The van der Waals surface area contributed by atoms with Gasteiger partial charge in [-0.05, 0) is 32.6 Å². The Balaban J connectivity index is 1.91. The van der Waals surface area contributed by atoms with Gasteiger partial charge < -0.3 is 4.79 Å². The Hall–Kier alpha value is -2.75. The Morgan fingerprint density at radius 2 is 2.00 bits per heavy atom. The molecule has 0 amide bonds. The third kappa shape index (κ3) is 2.33. The van der Waals surface area contributed by atoms with Gasteiger partial charge in [0.1, 0.15) is 12.0 Å². The number of rotatable bonds is 2. The second-order valence-electron chi connectivity index (χ2n) is 9.01. The molecule has 0 bridgehead atoms. The van der Waals surface area contributed by atoms with Gasteiger partial charge in [-0.3, -0.25) is 4.68 Å². The van der Waals surface area contributed by atoms with Crippen molar-refractivity contribution in [1.82, 2.24) is 24.5 Å². The van der Waals surface area contributed by atoms with Crippen LogP contribution in [0.3, 0.4) is 0 Å². The number of carbonyl (C=O) groups is 1. The molecule has 4 rings (SSSR count). The van der Waals surface area contributed by atoms with E-state index >= 15 is 0 Å². The Kier molecular flexibility index (Phi) is 3.90. The number of carbonyl (C=O) groups excluding carboxylic acids is 1. The molecule has 2 aliphatic carbocycles. The second kappa shape index (κ2) is 5.87. The van der Waals surface area contributed by atoms with Gasteiger partial charge in [-0.1, -0.05) is 26.8 Å². The number of hydrogen-bond donors (Lipinski definition) is 0. The highest BCUT2D eigenvalue weighted by atomic mass is 16.1. The Morgan fingerprint density at radius 1 is 1.29 bits per heavy atom. The molecule has 0 spiro atoms. The van der Waals surface area contributed by atoms with Crippen molar-refractivity contribution in [2.24, 2.45) is 18.4 Å². The number of aromatic nitrogens is 5. The normalized spacial score (nSPS) is 25.9. The summed E-state index contributed by atoms with van der Waals surface area (Å²) in [7, 11) is 1.92. The van der Waals surface area contributed by atoms with Crippen molar-refractivity contribution in [3.05, 3.63) is 40.8 Å². The van der Waals surface area contributed by atoms with Crippen LogP contribution in [-0.2, 0) is 23.7 Å². The van der Waals surface area contributed by atoms with Gasteiger partial charge in [0.2, 0.25) is 5.70 Å². The fourth-order valence-corrected chi connectivity index (χ4v) is 5.10. The molecular weight excluding hydrogens is 352 g/mol. The van der Waals surface area contributed by atoms with Crippen LogP contribution < -0.4 is 0 Å². The number of hydrogen-bond acceptors (Lipinski definition) is 4. The van der Waals surface area contributed by atoms with Gasteiger partial charge in [0.25, 0.3) is 0 Å². The van der Waals surface area contributed by atoms with Crippen molar-refractivity contribution in [2.45, 2.75) is 58.9 Å². The monoisotopic (exact) mass is 378 g/mol. The van der Waals surface area contributed by atoms with Crippen molar-refractivity contribution >= 4 is 5.78 Å². The van der Waals surface area contributed by atoms with Gasteiger partial charge >= 0.3 is 0 Å². The van der Waals surface area contributed by atoms with Crippen LogP contribution in [0.1, 0.15) is 58.3 Å². The van der Waals surface area contributed by atoms with Gasteiger partial charge in [0.15, 0.2) is 11.6 Å². The number of nitrogens with zero attached hydrogens (tertiary/aromatic N) is 6. The van der Waals surface area contributed by atoms with Crippen LogP contribution in [0.15, 0.2) is 18.1 Å². The molecule has 2 atom stereocenters. The van der Waals surface area contributed by atoms with Gasteiger partial charge in [0, 0.05) is 29.5 Å². The van der Waals surface area contributed by atoms with E-state index in [2.05, 4.69) is 35.7 Å². The van der Waals surface area contributed by atoms with Crippen LogP contribution in [0, 0.1) is 17.9 Å². The Morgan fingerprint density at radius 3 is 2.61 bits per heavy atom. The van der Waals surface area contributed by atoms with Gasteiger partial charge in [-0.25, -0.2) is 14.5 Å². The van der Waals surface area contributed by atoms with Crippen molar-refractivity contribution in [3.63, 3.8) is 0 Å². The molecule has 7 nitrogen and oxygen atoms in total. The summed E-state index contributed by atoms with van der Waals surface area (Å²) >= 11 is 0. The van der Waals surface area contributed by atoms with E-state index in [0.717, 1.165) is 29.8 Å². The molecule has 0 N–H and O–H groups in total. The number of aryl methyl sites for hydroxylation is 1. The maximum absolute atomic E-state index is 12.8. The lowest BCUT2D eigenvalue weighted by molar-refractivity contribution is -0.128. The summed E-state index contributed by atoms with van der Waals surface area (Å²) in [5, 5.41) is 9.51. The Labute approximate surface area is 165 Å². The lowest BCUT2D eigenvalue weighted by atomic mass is 9.53. The molecule has 0 saturated carbocycles. The topological polar surface area (TPSA) is 70.0 Å². The zero-order valence-corrected chi connectivity index (χ0v) is 17.3. The average molecular weight is 378 g/mol. The molecule has 28 heavy (non-hydrogen) atoms. The first-order chi connectivity index (χ1) is 13.1. The fourth-order valence-electron chi connectivity index (χ4n) is 5.10. The molecule has 0 aliphatic heterocycles. The number of ketones is 1. The van der Waals surface area contributed by atoms with Crippen molar-refractivity contribution < 1.29 is 4.79 Å². The second-order valence-corrected chi connectivity index (χ2v) is 9.01. The predicted octanol–water partition coefficient (Wildman–Crippen LogP) is 3.49. The lowest BCUT2D eigenvalue weighted by Gasteiger charge is -2.49. The van der Waals surface area contributed by atoms with Gasteiger partial charge in [0.05, 0.1) is 12.3 Å². The first kappa shape index (κ1) is 18.6. The zero-order valence-electron chi connectivity index (χ0n) is 17.3. The molecule has 0 unspecified atom stereocenters. The summed E-state index contributed by atoms with van der Waals surface area (Å²) < 4.78 is 3.70. The first-order valence-corrected chi connectivity index (χ1v) is 9.74. The smallest absolute Gasteiger partial charge is 0.226 e. The standard InChI is InChI=1S/C21H26N6O/c1-12(2)27-11-23-19(25-27)16-13-8-9-15-20(3,4)18(28)14(22-6)10-21(15,5)17(13)24-26(16)7/h10-12,15H,8-9H2,1-5,7H3/t15-,21-/m0/s1. The van der Waals surface area contributed by atoms with Crippen molar-refractivity contribution in [1.29, 1.82) is 0 Å². The number of Topliss-reactive ketones (excluding diaryl/α,β-unsaturated/α-hetero) is 1. The Bertz CT molecular complexity index is 1050. The minimum absolute atomic E-state index is 0.0538.